The Labute approximate surface area is 106 Å². The first-order valence-corrected chi connectivity index (χ1v) is 6.41. The van der Waals surface area contributed by atoms with Gasteiger partial charge in [0.15, 0.2) is 0 Å². The lowest BCUT2D eigenvalue weighted by atomic mass is 10.3. The molecule has 0 spiro atoms. The van der Waals surface area contributed by atoms with Crippen LogP contribution in [0, 0.1) is 0 Å². The standard InChI is InChI=1S/C11H8BrClOS/c12-10-5-6-15-11(10)7-14-9-3-1-8(13)2-4-9/h1-6H,7H2. The minimum atomic E-state index is 0.583. The molecule has 0 radical (unpaired) electrons. The first kappa shape index (κ1) is 11.0. The van der Waals surface area contributed by atoms with Crippen molar-refractivity contribution in [1.29, 1.82) is 0 Å². The molecular formula is C11H8BrClOS. The van der Waals surface area contributed by atoms with Crippen molar-refractivity contribution in [3.8, 4) is 5.75 Å². The summed E-state index contributed by atoms with van der Waals surface area (Å²) in [5, 5.41) is 2.75. The zero-order valence-electron chi connectivity index (χ0n) is 7.74. The third-order valence-electron chi connectivity index (χ3n) is 1.87. The van der Waals surface area contributed by atoms with Crippen LogP contribution in [-0.4, -0.2) is 0 Å². The van der Waals surface area contributed by atoms with E-state index in [1.807, 2.05) is 35.7 Å². The first-order chi connectivity index (χ1) is 7.25. The molecule has 78 valence electrons. The summed E-state index contributed by atoms with van der Waals surface area (Å²) >= 11 is 10.9. The molecule has 0 N–H and O–H groups in total. The highest BCUT2D eigenvalue weighted by Gasteiger charge is 2.01. The van der Waals surface area contributed by atoms with Gasteiger partial charge in [-0.05, 0) is 51.6 Å². The fraction of sp³-hybridized carbons (Fsp3) is 0.0909. The Morgan fingerprint density at radius 1 is 1.20 bits per heavy atom. The second-order valence-corrected chi connectivity index (χ2v) is 5.23. The molecule has 0 unspecified atom stereocenters. The molecule has 0 aliphatic rings. The van der Waals surface area contributed by atoms with E-state index in [9.17, 15) is 0 Å². The van der Waals surface area contributed by atoms with Gasteiger partial charge in [0.2, 0.25) is 0 Å². The van der Waals surface area contributed by atoms with Gasteiger partial charge in [0.1, 0.15) is 12.4 Å². The Kier molecular flexibility index (Phi) is 3.67. The first-order valence-electron chi connectivity index (χ1n) is 4.36. The van der Waals surface area contributed by atoms with Crippen LogP contribution in [0.15, 0.2) is 40.2 Å². The van der Waals surface area contributed by atoms with Gasteiger partial charge in [0.25, 0.3) is 0 Å². The topological polar surface area (TPSA) is 9.23 Å². The predicted molar refractivity (Wildman–Crippen MR) is 67.8 cm³/mol. The number of halogens is 2. The second-order valence-electron chi connectivity index (χ2n) is 2.93. The number of hydrogen-bond donors (Lipinski definition) is 0. The van der Waals surface area contributed by atoms with Crippen LogP contribution in [-0.2, 0) is 6.61 Å². The van der Waals surface area contributed by atoms with Gasteiger partial charge in [-0.2, -0.15) is 0 Å². The highest BCUT2D eigenvalue weighted by atomic mass is 79.9. The molecule has 1 nitrogen and oxygen atoms in total. The van der Waals surface area contributed by atoms with Gasteiger partial charge < -0.3 is 4.74 Å². The van der Waals surface area contributed by atoms with Crippen molar-refractivity contribution < 1.29 is 4.74 Å². The van der Waals surface area contributed by atoms with E-state index in [1.165, 1.54) is 4.88 Å². The lowest BCUT2D eigenvalue weighted by Gasteiger charge is -2.04. The van der Waals surface area contributed by atoms with Gasteiger partial charge in [-0.3, -0.25) is 0 Å². The molecule has 15 heavy (non-hydrogen) atoms. The van der Waals surface area contributed by atoms with Gasteiger partial charge in [0, 0.05) is 9.50 Å². The largest absolute Gasteiger partial charge is 0.488 e. The van der Waals surface area contributed by atoms with Crippen molar-refractivity contribution in [2.45, 2.75) is 6.61 Å². The summed E-state index contributed by atoms with van der Waals surface area (Å²) in [6, 6.07) is 9.39. The Hall–Kier alpha value is -0.510. The van der Waals surface area contributed by atoms with Crippen LogP contribution in [0.5, 0.6) is 5.75 Å². The highest BCUT2D eigenvalue weighted by Crippen LogP contribution is 2.24. The lowest BCUT2D eigenvalue weighted by Crippen LogP contribution is -1.92. The van der Waals surface area contributed by atoms with Crippen molar-refractivity contribution in [2.75, 3.05) is 0 Å². The van der Waals surface area contributed by atoms with Crippen LogP contribution in [0.3, 0.4) is 0 Å². The summed E-state index contributed by atoms with van der Waals surface area (Å²) in [6.45, 7) is 0.583. The summed E-state index contributed by atoms with van der Waals surface area (Å²) in [7, 11) is 0. The van der Waals surface area contributed by atoms with Gasteiger partial charge >= 0.3 is 0 Å². The number of rotatable bonds is 3. The molecule has 1 heterocycles. The normalized spacial score (nSPS) is 10.3. The number of ether oxygens (including phenoxy) is 1. The monoisotopic (exact) mass is 302 g/mol. The average Bonchev–Trinajstić information content (AvgIpc) is 2.63. The number of benzene rings is 1. The second kappa shape index (κ2) is 5.01. The van der Waals surface area contributed by atoms with Gasteiger partial charge in [-0.1, -0.05) is 11.6 Å². The number of thiophene rings is 1. The van der Waals surface area contributed by atoms with E-state index >= 15 is 0 Å². The Morgan fingerprint density at radius 2 is 1.93 bits per heavy atom. The van der Waals surface area contributed by atoms with Crippen molar-refractivity contribution in [1.82, 2.24) is 0 Å². The SMILES string of the molecule is Clc1ccc(OCc2sccc2Br)cc1. The van der Waals surface area contributed by atoms with Crippen LogP contribution in [0.1, 0.15) is 4.88 Å². The average molecular weight is 304 g/mol. The van der Waals surface area contributed by atoms with E-state index in [2.05, 4.69) is 15.9 Å². The summed E-state index contributed by atoms with van der Waals surface area (Å²) in [5.41, 5.74) is 0. The Morgan fingerprint density at radius 3 is 2.53 bits per heavy atom. The van der Waals surface area contributed by atoms with E-state index in [-0.39, 0.29) is 0 Å². The molecular weight excluding hydrogens is 296 g/mol. The van der Waals surface area contributed by atoms with Gasteiger partial charge in [-0.25, -0.2) is 0 Å². The van der Waals surface area contributed by atoms with Crippen LogP contribution >= 0.6 is 38.9 Å². The molecule has 0 atom stereocenters. The predicted octanol–water partition coefficient (Wildman–Crippen LogP) is 4.74. The molecule has 0 aliphatic heterocycles. The fourth-order valence-electron chi connectivity index (χ4n) is 1.11. The molecule has 0 saturated carbocycles. The molecule has 0 saturated heterocycles. The Balaban J connectivity index is 1.99. The van der Waals surface area contributed by atoms with Crippen molar-refractivity contribution >= 4 is 38.9 Å². The zero-order chi connectivity index (χ0) is 10.7. The van der Waals surface area contributed by atoms with Gasteiger partial charge in [-0.15, -0.1) is 11.3 Å². The van der Waals surface area contributed by atoms with E-state index in [0.29, 0.717) is 6.61 Å². The quantitative estimate of drug-likeness (QED) is 0.795. The van der Waals surface area contributed by atoms with E-state index in [0.717, 1.165) is 15.2 Å². The van der Waals surface area contributed by atoms with Crippen molar-refractivity contribution in [3.05, 3.63) is 50.1 Å². The smallest absolute Gasteiger partial charge is 0.124 e. The molecule has 0 fully saturated rings. The minimum absolute atomic E-state index is 0.583. The molecule has 4 heteroatoms. The van der Waals surface area contributed by atoms with Crippen molar-refractivity contribution in [3.63, 3.8) is 0 Å². The molecule has 0 bridgehead atoms. The number of hydrogen-bond acceptors (Lipinski definition) is 2. The molecule has 0 amide bonds. The highest BCUT2D eigenvalue weighted by molar-refractivity contribution is 9.10. The molecule has 1 aromatic heterocycles. The van der Waals surface area contributed by atoms with Gasteiger partial charge in [0.05, 0.1) is 4.88 Å². The minimum Gasteiger partial charge on any atom is -0.488 e. The molecule has 2 aromatic rings. The van der Waals surface area contributed by atoms with E-state index in [4.69, 9.17) is 16.3 Å². The van der Waals surface area contributed by atoms with Crippen LogP contribution in [0.25, 0.3) is 0 Å². The third kappa shape index (κ3) is 2.97. The van der Waals surface area contributed by atoms with Crippen LogP contribution in [0.4, 0.5) is 0 Å². The molecule has 0 aliphatic carbocycles. The summed E-state index contributed by atoms with van der Waals surface area (Å²) < 4.78 is 6.71. The Bertz CT molecular complexity index is 438. The third-order valence-corrected chi connectivity index (χ3v) is 4.03. The van der Waals surface area contributed by atoms with Crippen LogP contribution in [0.2, 0.25) is 5.02 Å². The maximum absolute atomic E-state index is 5.78. The zero-order valence-corrected chi connectivity index (χ0v) is 10.9. The van der Waals surface area contributed by atoms with Crippen LogP contribution < -0.4 is 4.74 Å². The van der Waals surface area contributed by atoms with Crippen molar-refractivity contribution in [2.24, 2.45) is 0 Å². The maximum Gasteiger partial charge on any atom is 0.124 e. The lowest BCUT2D eigenvalue weighted by molar-refractivity contribution is 0.309. The molecule has 2 rings (SSSR count). The molecule has 1 aromatic carbocycles. The summed E-state index contributed by atoms with van der Waals surface area (Å²) in [6.07, 6.45) is 0. The van der Waals surface area contributed by atoms with E-state index in [1.54, 1.807) is 11.3 Å². The summed E-state index contributed by atoms with van der Waals surface area (Å²) in [4.78, 5) is 1.19. The summed E-state index contributed by atoms with van der Waals surface area (Å²) in [5.74, 6) is 0.833. The fourth-order valence-corrected chi connectivity index (χ4v) is 2.61. The maximum atomic E-state index is 5.78. The van der Waals surface area contributed by atoms with E-state index < -0.39 is 0 Å².